The second-order valence-electron chi connectivity index (χ2n) is 10.9. The lowest BCUT2D eigenvalue weighted by atomic mass is 10.0. The first kappa shape index (κ1) is 30.9. The average Bonchev–Trinajstić information content (AvgIpc) is 2.96. The molecule has 0 fully saturated rings. The van der Waals surface area contributed by atoms with Crippen LogP contribution in [0.25, 0.3) is 11.1 Å². The molecule has 3 rings (SSSR count). The van der Waals surface area contributed by atoms with Gasteiger partial charge in [-0.15, -0.1) is 0 Å². The standard InChI is InChI=1S/C35H44O5/c1-5-7-9-10-11-12-26-38-31-21-17-28(18-22-31)27-13-15-29(16-14-27)33(36)39-32-23-19-30(20-24-32)34(37)40-35(3,4)25-8-6-2/h13-24H,5-12,25-26H2,1-4H3. The Hall–Kier alpha value is -3.60. The van der Waals surface area contributed by atoms with Crippen LogP contribution in [-0.2, 0) is 4.74 Å². The van der Waals surface area contributed by atoms with E-state index < -0.39 is 11.6 Å². The fourth-order valence-electron chi connectivity index (χ4n) is 4.40. The fourth-order valence-corrected chi connectivity index (χ4v) is 4.40. The molecular formula is C35H44O5. The highest BCUT2D eigenvalue weighted by atomic mass is 16.6. The summed E-state index contributed by atoms with van der Waals surface area (Å²) in [6.45, 7) is 8.92. The summed E-state index contributed by atoms with van der Waals surface area (Å²) in [5.74, 6) is 0.400. The molecule has 0 unspecified atom stereocenters. The lowest BCUT2D eigenvalue weighted by Crippen LogP contribution is -2.28. The number of hydrogen-bond donors (Lipinski definition) is 0. The van der Waals surface area contributed by atoms with Crippen LogP contribution in [0.15, 0.2) is 72.8 Å². The monoisotopic (exact) mass is 544 g/mol. The fraction of sp³-hybridized carbons (Fsp3) is 0.429. The van der Waals surface area contributed by atoms with E-state index in [1.807, 2.05) is 50.2 Å². The van der Waals surface area contributed by atoms with E-state index in [-0.39, 0.29) is 5.97 Å². The second-order valence-corrected chi connectivity index (χ2v) is 10.9. The summed E-state index contributed by atoms with van der Waals surface area (Å²) < 4.78 is 17.0. The minimum atomic E-state index is -0.520. The third-order valence-corrected chi connectivity index (χ3v) is 6.88. The predicted octanol–water partition coefficient (Wildman–Crippen LogP) is 9.44. The molecule has 0 aliphatic rings. The van der Waals surface area contributed by atoms with Gasteiger partial charge >= 0.3 is 11.9 Å². The van der Waals surface area contributed by atoms with Crippen molar-refractivity contribution in [3.63, 3.8) is 0 Å². The number of esters is 2. The first-order valence-electron chi connectivity index (χ1n) is 14.7. The molecule has 0 saturated heterocycles. The van der Waals surface area contributed by atoms with Crippen molar-refractivity contribution in [3.05, 3.63) is 83.9 Å². The van der Waals surface area contributed by atoms with Crippen molar-refractivity contribution in [2.24, 2.45) is 0 Å². The summed E-state index contributed by atoms with van der Waals surface area (Å²) in [5.41, 5.74) is 2.40. The Balaban J connectivity index is 1.48. The topological polar surface area (TPSA) is 61.8 Å². The molecule has 0 aliphatic heterocycles. The molecule has 3 aromatic rings. The van der Waals surface area contributed by atoms with E-state index in [9.17, 15) is 9.59 Å². The van der Waals surface area contributed by atoms with E-state index in [4.69, 9.17) is 14.2 Å². The van der Waals surface area contributed by atoms with Crippen LogP contribution < -0.4 is 9.47 Å². The van der Waals surface area contributed by atoms with Crippen LogP contribution in [0.1, 0.15) is 106 Å². The molecule has 0 N–H and O–H groups in total. The molecule has 0 saturated carbocycles. The molecule has 0 atom stereocenters. The molecule has 5 nitrogen and oxygen atoms in total. The molecule has 0 spiro atoms. The first-order valence-corrected chi connectivity index (χ1v) is 14.7. The Morgan fingerprint density at radius 1 is 0.600 bits per heavy atom. The van der Waals surface area contributed by atoms with Crippen molar-refractivity contribution in [2.45, 2.75) is 91.1 Å². The van der Waals surface area contributed by atoms with Gasteiger partial charge in [0.25, 0.3) is 0 Å². The number of rotatable bonds is 16. The number of ether oxygens (including phenoxy) is 3. The zero-order valence-electron chi connectivity index (χ0n) is 24.5. The predicted molar refractivity (Wildman–Crippen MR) is 161 cm³/mol. The summed E-state index contributed by atoms with van der Waals surface area (Å²) in [6.07, 6.45) is 10.3. The Morgan fingerprint density at radius 3 is 1.73 bits per heavy atom. The smallest absolute Gasteiger partial charge is 0.343 e. The van der Waals surface area contributed by atoms with Crippen LogP contribution >= 0.6 is 0 Å². The molecule has 214 valence electrons. The van der Waals surface area contributed by atoms with Crippen LogP contribution in [0.3, 0.4) is 0 Å². The summed E-state index contributed by atoms with van der Waals surface area (Å²) in [5, 5.41) is 0. The highest BCUT2D eigenvalue weighted by Gasteiger charge is 2.23. The highest BCUT2D eigenvalue weighted by Crippen LogP contribution is 2.25. The Kier molecular flexibility index (Phi) is 12.3. The molecule has 40 heavy (non-hydrogen) atoms. The molecule has 0 heterocycles. The van der Waals surface area contributed by atoms with E-state index in [1.54, 1.807) is 36.4 Å². The van der Waals surface area contributed by atoms with Gasteiger partial charge in [-0.05, 0) is 92.8 Å². The SMILES string of the molecule is CCCCCCCCOc1ccc(-c2ccc(C(=O)Oc3ccc(C(=O)OC(C)(C)CCCC)cc3)cc2)cc1. The minimum Gasteiger partial charge on any atom is -0.494 e. The zero-order chi connectivity index (χ0) is 28.8. The third-order valence-electron chi connectivity index (χ3n) is 6.88. The maximum atomic E-state index is 12.7. The molecule has 0 radical (unpaired) electrons. The molecule has 0 bridgehead atoms. The zero-order valence-corrected chi connectivity index (χ0v) is 24.5. The van der Waals surface area contributed by atoms with E-state index in [2.05, 4.69) is 13.8 Å². The molecule has 0 aromatic heterocycles. The maximum Gasteiger partial charge on any atom is 0.343 e. The third kappa shape index (κ3) is 10.2. The van der Waals surface area contributed by atoms with Crippen molar-refractivity contribution in [1.29, 1.82) is 0 Å². The van der Waals surface area contributed by atoms with Gasteiger partial charge < -0.3 is 14.2 Å². The van der Waals surface area contributed by atoms with Crippen LogP contribution in [0.4, 0.5) is 0 Å². The number of unbranched alkanes of at least 4 members (excludes halogenated alkanes) is 6. The number of hydrogen-bond acceptors (Lipinski definition) is 5. The highest BCUT2D eigenvalue weighted by molar-refractivity contribution is 5.92. The Morgan fingerprint density at radius 2 is 1.10 bits per heavy atom. The van der Waals surface area contributed by atoms with Crippen LogP contribution in [0, 0.1) is 0 Å². The van der Waals surface area contributed by atoms with Gasteiger partial charge in [0.1, 0.15) is 17.1 Å². The minimum absolute atomic E-state index is 0.368. The van der Waals surface area contributed by atoms with Gasteiger partial charge in [0, 0.05) is 0 Å². The van der Waals surface area contributed by atoms with Crippen LogP contribution in [0.5, 0.6) is 11.5 Å². The van der Waals surface area contributed by atoms with E-state index in [0.717, 1.165) is 49.2 Å². The number of carbonyl (C=O) groups is 2. The Bertz CT molecular complexity index is 1180. The van der Waals surface area contributed by atoms with Gasteiger partial charge in [0.2, 0.25) is 0 Å². The van der Waals surface area contributed by atoms with Gasteiger partial charge in [-0.25, -0.2) is 9.59 Å². The van der Waals surface area contributed by atoms with Crippen molar-refractivity contribution >= 4 is 11.9 Å². The van der Waals surface area contributed by atoms with Crippen molar-refractivity contribution < 1.29 is 23.8 Å². The lowest BCUT2D eigenvalue weighted by molar-refractivity contribution is -0.00533. The summed E-state index contributed by atoms with van der Waals surface area (Å²) >= 11 is 0. The maximum absolute atomic E-state index is 12.7. The molecule has 5 heteroatoms. The van der Waals surface area contributed by atoms with Gasteiger partial charge in [-0.2, -0.15) is 0 Å². The summed E-state index contributed by atoms with van der Waals surface area (Å²) in [4.78, 5) is 25.2. The number of carbonyl (C=O) groups excluding carboxylic acids is 2. The van der Waals surface area contributed by atoms with E-state index in [0.29, 0.717) is 16.9 Å². The van der Waals surface area contributed by atoms with Crippen LogP contribution in [0.2, 0.25) is 0 Å². The van der Waals surface area contributed by atoms with E-state index in [1.165, 1.54) is 32.1 Å². The quantitative estimate of drug-likeness (QED) is 0.102. The Labute approximate surface area is 239 Å². The molecule has 3 aromatic carbocycles. The largest absolute Gasteiger partial charge is 0.494 e. The van der Waals surface area contributed by atoms with Gasteiger partial charge in [0.05, 0.1) is 17.7 Å². The normalized spacial score (nSPS) is 11.2. The molecule has 0 amide bonds. The molecular weight excluding hydrogens is 500 g/mol. The van der Waals surface area contributed by atoms with Crippen molar-refractivity contribution in [3.8, 4) is 22.6 Å². The first-order chi connectivity index (χ1) is 19.3. The van der Waals surface area contributed by atoms with Crippen LogP contribution in [-0.4, -0.2) is 24.1 Å². The average molecular weight is 545 g/mol. The van der Waals surface area contributed by atoms with Gasteiger partial charge in [0.15, 0.2) is 0 Å². The van der Waals surface area contributed by atoms with E-state index >= 15 is 0 Å². The molecule has 0 aliphatic carbocycles. The summed E-state index contributed by atoms with van der Waals surface area (Å²) in [6, 6.07) is 21.8. The second kappa shape index (κ2) is 15.9. The number of benzene rings is 3. The van der Waals surface area contributed by atoms with Crippen molar-refractivity contribution in [2.75, 3.05) is 6.61 Å². The lowest BCUT2D eigenvalue weighted by Gasteiger charge is -2.25. The van der Waals surface area contributed by atoms with Gasteiger partial charge in [-0.3, -0.25) is 0 Å². The van der Waals surface area contributed by atoms with Crippen molar-refractivity contribution in [1.82, 2.24) is 0 Å². The summed E-state index contributed by atoms with van der Waals surface area (Å²) in [7, 11) is 0. The van der Waals surface area contributed by atoms with Gasteiger partial charge in [-0.1, -0.05) is 76.6 Å².